The van der Waals surface area contributed by atoms with Crippen molar-refractivity contribution in [3.63, 3.8) is 0 Å². The van der Waals surface area contributed by atoms with Crippen molar-refractivity contribution >= 4 is 0 Å². The van der Waals surface area contributed by atoms with Crippen molar-refractivity contribution in [2.75, 3.05) is 0 Å². The highest BCUT2D eigenvalue weighted by molar-refractivity contribution is 5.38. The molecule has 1 unspecified atom stereocenters. The monoisotopic (exact) mass is 216 g/mol. The second-order valence-corrected chi connectivity index (χ2v) is 4.57. The summed E-state index contributed by atoms with van der Waals surface area (Å²) in [5.74, 6) is 0.558. The van der Waals surface area contributed by atoms with Gasteiger partial charge in [0.05, 0.1) is 0 Å². The molecule has 1 atom stereocenters. The summed E-state index contributed by atoms with van der Waals surface area (Å²) in [5, 5.41) is 0. The van der Waals surface area contributed by atoms with E-state index >= 15 is 0 Å². The molecule has 0 amide bonds. The lowest BCUT2D eigenvalue weighted by molar-refractivity contribution is 0.802. The zero-order valence-electron chi connectivity index (χ0n) is 10.9. The van der Waals surface area contributed by atoms with Crippen LogP contribution in [0.25, 0.3) is 0 Å². The van der Waals surface area contributed by atoms with E-state index in [1.807, 2.05) is 0 Å². The fourth-order valence-electron chi connectivity index (χ4n) is 1.97. The van der Waals surface area contributed by atoms with Crippen LogP contribution in [0, 0.1) is 5.92 Å². The zero-order chi connectivity index (χ0) is 11.8. The Kier molecular flexibility index (Phi) is 5.92. The average Bonchev–Trinajstić information content (AvgIpc) is 2.45. The van der Waals surface area contributed by atoms with Gasteiger partial charge in [-0.05, 0) is 24.3 Å². The predicted octanol–water partition coefficient (Wildman–Crippen LogP) is 5.20. The van der Waals surface area contributed by atoms with E-state index in [0.717, 1.165) is 0 Å². The lowest BCUT2D eigenvalue weighted by atomic mass is 10.0. The number of rotatable bonds is 5. The van der Waals surface area contributed by atoms with E-state index in [0.29, 0.717) is 5.92 Å². The van der Waals surface area contributed by atoms with Gasteiger partial charge >= 0.3 is 0 Å². The molecule has 0 nitrogen and oxygen atoms in total. The van der Waals surface area contributed by atoms with Crippen molar-refractivity contribution in [2.24, 2.45) is 5.92 Å². The number of allylic oxidation sites excluding steroid dienone is 8. The summed E-state index contributed by atoms with van der Waals surface area (Å²) in [7, 11) is 0. The van der Waals surface area contributed by atoms with Crippen LogP contribution in [0.3, 0.4) is 0 Å². The van der Waals surface area contributed by atoms with Crippen LogP contribution in [-0.4, -0.2) is 0 Å². The van der Waals surface area contributed by atoms with Crippen LogP contribution in [0.4, 0.5) is 0 Å². The van der Waals surface area contributed by atoms with Crippen LogP contribution in [0.2, 0.25) is 0 Å². The fourth-order valence-corrected chi connectivity index (χ4v) is 1.97. The molecule has 0 aromatic heterocycles. The van der Waals surface area contributed by atoms with Gasteiger partial charge in [0.15, 0.2) is 0 Å². The number of hydrogen-bond acceptors (Lipinski definition) is 0. The van der Waals surface area contributed by atoms with E-state index in [2.05, 4.69) is 57.2 Å². The van der Waals surface area contributed by atoms with Crippen LogP contribution in [-0.2, 0) is 0 Å². The molecule has 0 heteroatoms. The summed E-state index contributed by atoms with van der Waals surface area (Å²) in [6.07, 6.45) is 18.5. The maximum atomic E-state index is 2.37. The first-order chi connectivity index (χ1) is 7.76. The SMILES string of the molecule is CCCC(=CC1=CC=CC(C)C=C1)CCC. The molecule has 0 fully saturated rings. The molecule has 1 rings (SSSR count). The molecule has 16 heavy (non-hydrogen) atoms. The quantitative estimate of drug-likeness (QED) is 0.592. The molecule has 0 aromatic carbocycles. The van der Waals surface area contributed by atoms with Crippen LogP contribution in [0.5, 0.6) is 0 Å². The first-order valence-corrected chi connectivity index (χ1v) is 6.52. The van der Waals surface area contributed by atoms with Crippen molar-refractivity contribution in [2.45, 2.75) is 46.5 Å². The van der Waals surface area contributed by atoms with Crippen LogP contribution in [0.1, 0.15) is 46.5 Å². The van der Waals surface area contributed by atoms with E-state index in [9.17, 15) is 0 Å². The van der Waals surface area contributed by atoms with Crippen LogP contribution >= 0.6 is 0 Å². The maximum absolute atomic E-state index is 2.37. The van der Waals surface area contributed by atoms with E-state index in [1.165, 1.54) is 31.3 Å². The fraction of sp³-hybridized carbons (Fsp3) is 0.500. The van der Waals surface area contributed by atoms with Gasteiger partial charge in [0, 0.05) is 0 Å². The molecular formula is C16H24. The minimum atomic E-state index is 0.558. The summed E-state index contributed by atoms with van der Waals surface area (Å²) in [5.41, 5.74) is 2.93. The first-order valence-electron chi connectivity index (χ1n) is 6.52. The third kappa shape index (κ3) is 4.65. The van der Waals surface area contributed by atoms with E-state index in [1.54, 1.807) is 5.57 Å². The Bertz CT molecular complexity index is 305. The van der Waals surface area contributed by atoms with Gasteiger partial charge in [-0.25, -0.2) is 0 Å². The van der Waals surface area contributed by atoms with E-state index in [-0.39, 0.29) is 0 Å². The minimum Gasteiger partial charge on any atom is -0.0779 e. The molecule has 0 N–H and O–H groups in total. The van der Waals surface area contributed by atoms with Gasteiger partial charge in [-0.15, -0.1) is 0 Å². The first kappa shape index (κ1) is 13.0. The molecule has 0 aromatic rings. The van der Waals surface area contributed by atoms with Gasteiger partial charge in [-0.2, -0.15) is 0 Å². The van der Waals surface area contributed by atoms with Crippen LogP contribution in [0.15, 0.2) is 47.6 Å². The molecule has 0 bridgehead atoms. The summed E-state index contributed by atoms with van der Waals surface area (Å²) in [6, 6.07) is 0. The van der Waals surface area contributed by atoms with Crippen molar-refractivity contribution < 1.29 is 0 Å². The standard InChI is InChI=1S/C16H24/c1-4-7-15(8-5-2)13-16-10-6-9-14(3)11-12-16/h6,9-14H,4-5,7-8H2,1-3H3. The lowest BCUT2D eigenvalue weighted by Crippen LogP contribution is -1.85. The Labute approximate surface area is 100 Å². The molecule has 1 aliphatic rings. The second-order valence-electron chi connectivity index (χ2n) is 4.57. The van der Waals surface area contributed by atoms with Gasteiger partial charge in [0.1, 0.15) is 0 Å². The topological polar surface area (TPSA) is 0 Å². The summed E-state index contributed by atoms with van der Waals surface area (Å²) < 4.78 is 0. The Morgan fingerprint density at radius 2 is 1.88 bits per heavy atom. The summed E-state index contributed by atoms with van der Waals surface area (Å²) in [6.45, 7) is 6.72. The molecule has 0 aliphatic heterocycles. The van der Waals surface area contributed by atoms with Crippen LogP contribution < -0.4 is 0 Å². The Morgan fingerprint density at radius 1 is 1.19 bits per heavy atom. The van der Waals surface area contributed by atoms with E-state index in [4.69, 9.17) is 0 Å². The molecule has 0 spiro atoms. The predicted molar refractivity (Wildman–Crippen MR) is 73.4 cm³/mol. The molecule has 0 saturated heterocycles. The van der Waals surface area contributed by atoms with Gasteiger partial charge in [-0.3, -0.25) is 0 Å². The largest absolute Gasteiger partial charge is 0.0779 e. The lowest BCUT2D eigenvalue weighted by Gasteiger charge is -2.04. The average molecular weight is 216 g/mol. The normalized spacial score (nSPS) is 19.2. The smallest absolute Gasteiger partial charge is 0.00754 e. The summed E-state index contributed by atoms with van der Waals surface area (Å²) in [4.78, 5) is 0. The molecule has 0 radical (unpaired) electrons. The molecule has 88 valence electrons. The third-order valence-corrected chi connectivity index (χ3v) is 2.81. The van der Waals surface area contributed by atoms with Crippen molar-refractivity contribution in [3.8, 4) is 0 Å². The van der Waals surface area contributed by atoms with Gasteiger partial charge in [0.2, 0.25) is 0 Å². The Hall–Kier alpha value is -1.04. The molecule has 1 aliphatic carbocycles. The van der Waals surface area contributed by atoms with Gasteiger partial charge in [0.25, 0.3) is 0 Å². The van der Waals surface area contributed by atoms with Gasteiger partial charge < -0.3 is 0 Å². The molecular weight excluding hydrogens is 192 g/mol. The van der Waals surface area contributed by atoms with Crippen molar-refractivity contribution in [1.29, 1.82) is 0 Å². The highest BCUT2D eigenvalue weighted by Gasteiger charge is 1.98. The highest BCUT2D eigenvalue weighted by atomic mass is 14.0. The third-order valence-electron chi connectivity index (χ3n) is 2.81. The Morgan fingerprint density at radius 3 is 2.50 bits per heavy atom. The highest BCUT2D eigenvalue weighted by Crippen LogP contribution is 2.17. The number of hydrogen-bond donors (Lipinski definition) is 0. The zero-order valence-corrected chi connectivity index (χ0v) is 10.9. The summed E-state index contributed by atoms with van der Waals surface area (Å²) >= 11 is 0. The second kappa shape index (κ2) is 7.27. The van der Waals surface area contributed by atoms with Crippen molar-refractivity contribution in [3.05, 3.63) is 47.6 Å². The maximum Gasteiger partial charge on any atom is -0.00754 e. The molecule has 0 saturated carbocycles. The minimum absolute atomic E-state index is 0.558. The van der Waals surface area contributed by atoms with E-state index < -0.39 is 0 Å². The van der Waals surface area contributed by atoms with Crippen molar-refractivity contribution in [1.82, 2.24) is 0 Å². The van der Waals surface area contributed by atoms with Gasteiger partial charge in [-0.1, -0.05) is 75.6 Å². The Balaban J connectivity index is 2.75. The molecule has 0 heterocycles.